The Morgan fingerprint density at radius 3 is 2.39 bits per heavy atom. The van der Waals surface area contributed by atoms with Gasteiger partial charge in [-0.15, -0.1) is 10.2 Å². The quantitative estimate of drug-likeness (QED) is 0.380. The Kier molecular flexibility index (Phi) is 7.21. The Balaban J connectivity index is 1.69. The number of carbonyl (C=O) groups excluding carboxylic acids is 2. The number of thioether (sulfide) groups is 1. The van der Waals surface area contributed by atoms with Crippen molar-refractivity contribution < 1.29 is 14.0 Å². The van der Waals surface area contributed by atoms with Crippen LogP contribution in [0.1, 0.15) is 23.3 Å². The van der Waals surface area contributed by atoms with Crippen LogP contribution in [0.4, 0.5) is 4.79 Å². The Morgan fingerprint density at radius 1 is 1.00 bits per heavy atom. The van der Waals surface area contributed by atoms with Gasteiger partial charge in [0.2, 0.25) is 11.7 Å². The molecule has 0 bridgehead atoms. The highest BCUT2D eigenvalue weighted by atomic mass is 32.2. The largest absolute Gasteiger partial charge is 0.461 e. The molecule has 9 heteroatoms. The number of aromatic nitrogens is 3. The van der Waals surface area contributed by atoms with Gasteiger partial charge in [-0.3, -0.25) is 14.7 Å². The third-order valence-electron chi connectivity index (χ3n) is 4.78. The van der Waals surface area contributed by atoms with E-state index in [9.17, 15) is 9.59 Å². The standard InChI is InChI=1S/C24H23N5O3S/c1-2-25-23(31)26-22(30)20(18-12-7-4-8-13-18)33-24-28-27-21(19-14-9-15-32-19)29(24)16-17-10-5-3-6-11-17/h3-15,20H,2,16H2,1H3,(H2,25,26,30,31). The van der Waals surface area contributed by atoms with Gasteiger partial charge in [0, 0.05) is 6.54 Å². The second kappa shape index (κ2) is 10.6. The van der Waals surface area contributed by atoms with Crippen LogP contribution in [0.25, 0.3) is 11.6 Å². The predicted molar refractivity (Wildman–Crippen MR) is 126 cm³/mol. The predicted octanol–water partition coefficient (Wildman–Crippen LogP) is 4.27. The van der Waals surface area contributed by atoms with E-state index in [1.54, 1.807) is 19.3 Å². The summed E-state index contributed by atoms with van der Waals surface area (Å²) in [5.74, 6) is 0.696. The minimum atomic E-state index is -0.711. The van der Waals surface area contributed by atoms with E-state index in [-0.39, 0.29) is 0 Å². The van der Waals surface area contributed by atoms with E-state index in [0.29, 0.717) is 29.8 Å². The van der Waals surface area contributed by atoms with Crippen LogP contribution in [0.2, 0.25) is 0 Å². The summed E-state index contributed by atoms with van der Waals surface area (Å²) in [5, 5.41) is 13.5. The molecule has 0 saturated carbocycles. The molecule has 4 rings (SSSR count). The zero-order valence-electron chi connectivity index (χ0n) is 18.0. The molecule has 0 spiro atoms. The van der Waals surface area contributed by atoms with Gasteiger partial charge in [0.15, 0.2) is 10.9 Å². The zero-order valence-corrected chi connectivity index (χ0v) is 18.8. The first kappa shape index (κ1) is 22.3. The molecule has 0 radical (unpaired) electrons. The molecule has 0 aliphatic rings. The van der Waals surface area contributed by atoms with Crippen molar-refractivity contribution in [3.8, 4) is 11.6 Å². The average molecular weight is 462 g/mol. The Morgan fingerprint density at radius 2 is 1.73 bits per heavy atom. The van der Waals surface area contributed by atoms with Crippen molar-refractivity contribution in [2.45, 2.75) is 23.9 Å². The second-order valence-electron chi connectivity index (χ2n) is 7.11. The molecular formula is C24H23N5O3S. The summed E-state index contributed by atoms with van der Waals surface area (Å²) in [7, 11) is 0. The van der Waals surface area contributed by atoms with Gasteiger partial charge in [0.25, 0.3) is 0 Å². The number of furan rings is 1. The maximum absolute atomic E-state index is 13.1. The summed E-state index contributed by atoms with van der Waals surface area (Å²) in [6, 6.07) is 22.2. The molecule has 0 saturated heterocycles. The lowest BCUT2D eigenvalue weighted by molar-refractivity contribution is -0.119. The highest BCUT2D eigenvalue weighted by Crippen LogP contribution is 2.36. The summed E-state index contributed by atoms with van der Waals surface area (Å²) >= 11 is 1.23. The van der Waals surface area contributed by atoms with Gasteiger partial charge in [-0.1, -0.05) is 72.4 Å². The maximum Gasteiger partial charge on any atom is 0.321 e. The lowest BCUT2D eigenvalue weighted by Gasteiger charge is -2.17. The highest BCUT2D eigenvalue weighted by Gasteiger charge is 2.27. The Labute approximate surface area is 195 Å². The van der Waals surface area contributed by atoms with Crippen LogP contribution >= 0.6 is 11.8 Å². The molecule has 1 atom stereocenters. The molecule has 0 fully saturated rings. The fourth-order valence-corrected chi connectivity index (χ4v) is 4.30. The average Bonchev–Trinajstić information content (AvgIpc) is 3.49. The van der Waals surface area contributed by atoms with Crippen molar-refractivity contribution in [3.05, 3.63) is 90.2 Å². The summed E-state index contributed by atoms with van der Waals surface area (Å²) in [4.78, 5) is 25.1. The van der Waals surface area contributed by atoms with Crippen LogP contribution in [0.15, 0.2) is 88.6 Å². The molecule has 8 nitrogen and oxygen atoms in total. The first-order chi connectivity index (χ1) is 16.2. The van der Waals surface area contributed by atoms with E-state index in [2.05, 4.69) is 20.8 Å². The first-order valence-corrected chi connectivity index (χ1v) is 11.3. The van der Waals surface area contributed by atoms with E-state index < -0.39 is 17.2 Å². The third-order valence-corrected chi connectivity index (χ3v) is 6.01. The van der Waals surface area contributed by atoms with Gasteiger partial charge in [-0.25, -0.2) is 4.79 Å². The number of urea groups is 1. The SMILES string of the molecule is CCNC(=O)NC(=O)C(Sc1nnc(-c2ccco2)n1Cc1ccccc1)c1ccccc1. The van der Waals surface area contributed by atoms with Gasteiger partial charge in [-0.2, -0.15) is 0 Å². The molecule has 3 amide bonds. The summed E-state index contributed by atoms with van der Waals surface area (Å²) in [6.45, 7) is 2.70. The summed E-state index contributed by atoms with van der Waals surface area (Å²) in [6.07, 6.45) is 1.58. The minimum Gasteiger partial charge on any atom is -0.461 e. The molecule has 2 aromatic carbocycles. The van der Waals surface area contributed by atoms with E-state index in [4.69, 9.17) is 4.42 Å². The molecule has 0 aliphatic carbocycles. The van der Waals surface area contributed by atoms with Gasteiger partial charge in [0.1, 0.15) is 5.25 Å². The summed E-state index contributed by atoms with van der Waals surface area (Å²) in [5.41, 5.74) is 1.80. The van der Waals surface area contributed by atoms with Crippen molar-refractivity contribution in [2.75, 3.05) is 6.54 Å². The molecule has 2 N–H and O–H groups in total. The van der Waals surface area contributed by atoms with Crippen molar-refractivity contribution >= 4 is 23.7 Å². The van der Waals surface area contributed by atoms with Gasteiger partial charge >= 0.3 is 6.03 Å². The zero-order chi connectivity index (χ0) is 23.0. The molecule has 2 heterocycles. The van der Waals surface area contributed by atoms with E-state index >= 15 is 0 Å². The minimum absolute atomic E-state index is 0.417. The fraction of sp³-hybridized carbons (Fsp3) is 0.167. The van der Waals surface area contributed by atoms with Crippen molar-refractivity contribution in [3.63, 3.8) is 0 Å². The second-order valence-corrected chi connectivity index (χ2v) is 8.18. The smallest absolute Gasteiger partial charge is 0.321 e. The topological polar surface area (TPSA) is 102 Å². The third kappa shape index (κ3) is 5.50. The van der Waals surface area contributed by atoms with Gasteiger partial charge in [0.05, 0.1) is 12.8 Å². The van der Waals surface area contributed by atoms with Crippen LogP contribution in [-0.4, -0.2) is 33.2 Å². The number of carbonyl (C=O) groups is 2. The van der Waals surface area contributed by atoms with Crippen LogP contribution in [-0.2, 0) is 11.3 Å². The number of hydrogen-bond acceptors (Lipinski definition) is 6. The van der Waals surface area contributed by atoms with Gasteiger partial charge in [-0.05, 0) is 30.2 Å². The number of nitrogens with one attached hydrogen (secondary N) is 2. The Hall–Kier alpha value is -3.85. The number of amides is 3. The van der Waals surface area contributed by atoms with E-state index in [1.807, 2.05) is 71.3 Å². The van der Waals surface area contributed by atoms with Crippen molar-refractivity contribution in [1.82, 2.24) is 25.4 Å². The molecular weight excluding hydrogens is 438 g/mol. The normalized spacial score (nSPS) is 11.7. The fourth-order valence-electron chi connectivity index (χ4n) is 3.26. The van der Waals surface area contributed by atoms with Gasteiger partial charge < -0.3 is 9.73 Å². The number of imide groups is 1. The molecule has 4 aromatic rings. The lowest BCUT2D eigenvalue weighted by atomic mass is 10.1. The van der Waals surface area contributed by atoms with Crippen LogP contribution < -0.4 is 10.6 Å². The molecule has 1 unspecified atom stereocenters. The lowest BCUT2D eigenvalue weighted by Crippen LogP contribution is -2.41. The van der Waals surface area contributed by atoms with Crippen LogP contribution in [0.5, 0.6) is 0 Å². The molecule has 2 aromatic heterocycles. The maximum atomic E-state index is 13.1. The number of nitrogens with zero attached hydrogens (tertiary/aromatic N) is 3. The van der Waals surface area contributed by atoms with Crippen molar-refractivity contribution in [2.24, 2.45) is 0 Å². The molecule has 168 valence electrons. The monoisotopic (exact) mass is 461 g/mol. The van der Waals surface area contributed by atoms with E-state index in [0.717, 1.165) is 11.1 Å². The highest BCUT2D eigenvalue weighted by molar-refractivity contribution is 8.00. The molecule has 33 heavy (non-hydrogen) atoms. The Bertz CT molecular complexity index is 1190. The van der Waals surface area contributed by atoms with Crippen molar-refractivity contribution in [1.29, 1.82) is 0 Å². The number of hydrogen-bond donors (Lipinski definition) is 2. The summed E-state index contributed by atoms with van der Waals surface area (Å²) < 4.78 is 7.47. The molecule has 0 aliphatic heterocycles. The first-order valence-electron chi connectivity index (χ1n) is 10.5. The van der Waals surface area contributed by atoms with E-state index in [1.165, 1.54) is 11.8 Å². The van der Waals surface area contributed by atoms with Crippen LogP contribution in [0, 0.1) is 0 Å². The van der Waals surface area contributed by atoms with Crippen LogP contribution in [0.3, 0.4) is 0 Å². The number of rotatable bonds is 8. The number of benzene rings is 2.